The van der Waals surface area contributed by atoms with Crippen LogP contribution < -0.4 is 5.73 Å². The van der Waals surface area contributed by atoms with E-state index in [9.17, 15) is 17.6 Å². The largest absolute Gasteiger partial charge is 0.416 e. The van der Waals surface area contributed by atoms with E-state index >= 15 is 0 Å². The van der Waals surface area contributed by atoms with E-state index in [2.05, 4.69) is 0 Å². The Hall–Kier alpha value is -0.810. The lowest BCUT2D eigenvalue weighted by Crippen LogP contribution is -2.16. The number of alkyl halides is 3. The lowest BCUT2D eigenvalue weighted by molar-refractivity contribution is -0.137. The lowest BCUT2D eigenvalue weighted by atomic mass is 9.96. The molecule has 0 aliphatic heterocycles. The molecule has 1 atom stereocenters. The summed E-state index contributed by atoms with van der Waals surface area (Å²) in [5, 5.41) is -0.556. The summed E-state index contributed by atoms with van der Waals surface area (Å²) >= 11 is 5.48. The Balaban J connectivity index is 3.22. The lowest BCUT2D eigenvalue weighted by Gasteiger charge is -2.18. The topological polar surface area (TPSA) is 26.0 Å². The monoisotopic (exact) mass is 283 g/mol. The molecule has 0 radical (unpaired) electrons. The van der Waals surface area contributed by atoms with Gasteiger partial charge < -0.3 is 5.73 Å². The Bertz CT molecular complexity index is 429. The fraction of sp³-hybridized carbons (Fsp3) is 0.500. The highest BCUT2D eigenvalue weighted by Gasteiger charge is 2.33. The molecule has 0 saturated carbocycles. The van der Waals surface area contributed by atoms with Crippen LogP contribution in [0.1, 0.15) is 37.4 Å². The SMILES string of the molecule is CC(C)C[C@H](N)c1cc(C(F)(F)F)cc(Cl)c1F. The molecule has 0 unspecified atom stereocenters. The number of hydrogen-bond donors (Lipinski definition) is 1. The summed E-state index contributed by atoms with van der Waals surface area (Å²) in [5.41, 5.74) is 4.54. The third-order valence-electron chi connectivity index (χ3n) is 2.51. The summed E-state index contributed by atoms with van der Waals surface area (Å²) < 4.78 is 51.4. The zero-order valence-corrected chi connectivity index (χ0v) is 10.7. The quantitative estimate of drug-likeness (QED) is 0.810. The van der Waals surface area contributed by atoms with Gasteiger partial charge in [-0.25, -0.2) is 4.39 Å². The molecule has 0 aliphatic rings. The summed E-state index contributed by atoms with van der Waals surface area (Å²) in [5.74, 6) is -0.731. The maximum atomic E-state index is 13.7. The first-order valence-electron chi connectivity index (χ1n) is 5.44. The molecule has 0 saturated heterocycles. The molecule has 1 rings (SSSR count). The molecular formula is C12H14ClF4N. The van der Waals surface area contributed by atoms with Gasteiger partial charge in [-0.05, 0) is 24.5 Å². The molecule has 0 fully saturated rings. The van der Waals surface area contributed by atoms with Crippen molar-refractivity contribution in [2.75, 3.05) is 0 Å². The van der Waals surface area contributed by atoms with Crippen LogP contribution in [0.25, 0.3) is 0 Å². The fourth-order valence-electron chi connectivity index (χ4n) is 1.68. The third kappa shape index (κ3) is 3.59. The van der Waals surface area contributed by atoms with Crippen molar-refractivity contribution in [3.63, 3.8) is 0 Å². The van der Waals surface area contributed by atoms with Crippen LogP contribution in [0.4, 0.5) is 17.6 Å². The molecule has 1 aromatic rings. The van der Waals surface area contributed by atoms with E-state index in [4.69, 9.17) is 17.3 Å². The van der Waals surface area contributed by atoms with Crippen LogP contribution in [0.3, 0.4) is 0 Å². The maximum absolute atomic E-state index is 13.7. The molecule has 1 nitrogen and oxygen atoms in total. The van der Waals surface area contributed by atoms with Gasteiger partial charge in [0.2, 0.25) is 0 Å². The zero-order chi connectivity index (χ0) is 14.1. The number of nitrogens with two attached hydrogens (primary N) is 1. The van der Waals surface area contributed by atoms with Crippen LogP contribution in [0.15, 0.2) is 12.1 Å². The van der Waals surface area contributed by atoms with Crippen LogP contribution >= 0.6 is 11.6 Å². The van der Waals surface area contributed by atoms with Crippen molar-refractivity contribution in [3.05, 3.63) is 34.1 Å². The minimum Gasteiger partial charge on any atom is -0.324 e. The molecule has 0 heterocycles. The van der Waals surface area contributed by atoms with Gasteiger partial charge >= 0.3 is 6.18 Å². The van der Waals surface area contributed by atoms with Crippen molar-refractivity contribution in [1.82, 2.24) is 0 Å². The highest BCUT2D eigenvalue weighted by Crippen LogP contribution is 2.35. The van der Waals surface area contributed by atoms with E-state index in [1.807, 2.05) is 13.8 Å². The van der Waals surface area contributed by atoms with Gasteiger partial charge in [-0.3, -0.25) is 0 Å². The van der Waals surface area contributed by atoms with Gasteiger partial charge in [0.15, 0.2) is 0 Å². The second kappa shape index (κ2) is 5.45. The van der Waals surface area contributed by atoms with Gasteiger partial charge in [-0.15, -0.1) is 0 Å². The van der Waals surface area contributed by atoms with Crippen molar-refractivity contribution in [1.29, 1.82) is 0 Å². The van der Waals surface area contributed by atoms with Gasteiger partial charge in [-0.1, -0.05) is 25.4 Å². The fourth-order valence-corrected chi connectivity index (χ4v) is 1.91. The molecule has 0 amide bonds. The average molecular weight is 284 g/mol. The molecule has 18 heavy (non-hydrogen) atoms. The molecule has 0 bridgehead atoms. The molecule has 0 aromatic heterocycles. The number of halogens is 5. The summed E-state index contributed by atoms with van der Waals surface area (Å²) in [6.07, 6.45) is -4.18. The Kier molecular flexibility index (Phi) is 4.61. The predicted molar refractivity (Wildman–Crippen MR) is 62.8 cm³/mol. The van der Waals surface area contributed by atoms with Gasteiger partial charge in [0.05, 0.1) is 10.6 Å². The Morgan fingerprint density at radius 1 is 1.28 bits per heavy atom. The van der Waals surface area contributed by atoms with Crippen molar-refractivity contribution in [2.24, 2.45) is 11.7 Å². The van der Waals surface area contributed by atoms with E-state index in [1.165, 1.54) is 0 Å². The maximum Gasteiger partial charge on any atom is 0.416 e. The predicted octanol–water partition coefficient (Wildman–Crippen LogP) is 4.54. The number of hydrogen-bond acceptors (Lipinski definition) is 1. The second-order valence-corrected chi connectivity index (χ2v) is 5.00. The molecule has 6 heteroatoms. The number of rotatable bonds is 3. The van der Waals surface area contributed by atoms with Crippen molar-refractivity contribution in [3.8, 4) is 0 Å². The van der Waals surface area contributed by atoms with Crippen LogP contribution in [0.5, 0.6) is 0 Å². The van der Waals surface area contributed by atoms with E-state index in [-0.39, 0.29) is 11.5 Å². The highest BCUT2D eigenvalue weighted by atomic mass is 35.5. The Morgan fingerprint density at radius 3 is 2.28 bits per heavy atom. The van der Waals surface area contributed by atoms with E-state index in [0.717, 1.165) is 6.07 Å². The van der Waals surface area contributed by atoms with Crippen molar-refractivity contribution in [2.45, 2.75) is 32.5 Å². The van der Waals surface area contributed by atoms with Crippen molar-refractivity contribution < 1.29 is 17.6 Å². The summed E-state index contributed by atoms with van der Waals surface area (Å²) in [7, 11) is 0. The second-order valence-electron chi connectivity index (χ2n) is 4.60. The highest BCUT2D eigenvalue weighted by molar-refractivity contribution is 6.30. The average Bonchev–Trinajstić information content (AvgIpc) is 2.18. The Morgan fingerprint density at radius 2 is 1.83 bits per heavy atom. The molecule has 0 spiro atoms. The van der Waals surface area contributed by atoms with Gasteiger partial charge in [0, 0.05) is 11.6 Å². The van der Waals surface area contributed by atoms with Crippen LogP contribution in [0, 0.1) is 11.7 Å². The van der Waals surface area contributed by atoms with Crippen LogP contribution in [0.2, 0.25) is 5.02 Å². The van der Waals surface area contributed by atoms with E-state index in [1.54, 1.807) is 0 Å². The standard InChI is InChI=1S/C12H14ClF4N/c1-6(2)3-10(18)8-4-7(12(15,16)17)5-9(13)11(8)14/h4-6,10H,3,18H2,1-2H3/t10-/m0/s1. The molecule has 0 aliphatic carbocycles. The smallest absolute Gasteiger partial charge is 0.324 e. The van der Waals surface area contributed by atoms with Gasteiger partial charge in [0.25, 0.3) is 0 Å². The molecule has 102 valence electrons. The molecular weight excluding hydrogens is 270 g/mol. The first kappa shape index (κ1) is 15.2. The van der Waals surface area contributed by atoms with E-state index in [0.29, 0.717) is 12.5 Å². The first-order valence-corrected chi connectivity index (χ1v) is 5.82. The normalized spacial score (nSPS) is 14.1. The summed E-state index contributed by atoms with van der Waals surface area (Å²) in [6.45, 7) is 3.71. The first-order chi connectivity index (χ1) is 8.12. The third-order valence-corrected chi connectivity index (χ3v) is 2.78. The molecule has 2 N–H and O–H groups in total. The van der Waals surface area contributed by atoms with Crippen LogP contribution in [-0.2, 0) is 6.18 Å². The van der Waals surface area contributed by atoms with Crippen molar-refractivity contribution >= 4 is 11.6 Å². The van der Waals surface area contributed by atoms with Crippen LogP contribution in [-0.4, -0.2) is 0 Å². The molecule has 1 aromatic carbocycles. The summed E-state index contributed by atoms with van der Waals surface area (Å²) in [6, 6.07) is 0.501. The van der Waals surface area contributed by atoms with Gasteiger partial charge in [0.1, 0.15) is 5.82 Å². The zero-order valence-electron chi connectivity index (χ0n) is 9.98. The number of benzene rings is 1. The van der Waals surface area contributed by atoms with Gasteiger partial charge in [-0.2, -0.15) is 13.2 Å². The van der Waals surface area contributed by atoms with E-state index < -0.39 is 28.6 Å². The Labute approximate surface area is 108 Å². The minimum atomic E-state index is -4.57. The summed E-state index contributed by atoms with van der Waals surface area (Å²) in [4.78, 5) is 0. The minimum absolute atomic E-state index is 0.146.